The Morgan fingerprint density at radius 3 is 2.82 bits per heavy atom. The summed E-state index contributed by atoms with van der Waals surface area (Å²) in [5.74, 6) is -0.455. The first-order valence-electron chi connectivity index (χ1n) is 3.13. The van der Waals surface area contributed by atoms with Crippen LogP contribution in [0.2, 0.25) is 0 Å². The zero-order valence-electron chi connectivity index (χ0n) is 5.87. The van der Waals surface area contributed by atoms with E-state index in [4.69, 9.17) is 5.26 Å². The molecule has 0 amide bonds. The fourth-order valence-electron chi connectivity index (χ4n) is 0.956. The number of ketones is 1. The lowest BCUT2D eigenvalue weighted by molar-refractivity contribution is -0.126. The number of carbonyl (C=O) groups is 1. The van der Waals surface area contributed by atoms with E-state index in [-0.39, 0.29) is 6.42 Å². The van der Waals surface area contributed by atoms with Crippen LogP contribution in [-0.4, -0.2) is 16.5 Å². The van der Waals surface area contributed by atoms with Crippen LogP contribution < -0.4 is 0 Å². The summed E-state index contributed by atoms with van der Waals surface area (Å²) in [7, 11) is 0. The number of aliphatic hydroxyl groups is 1. The van der Waals surface area contributed by atoms with Gasteiger partial charge in [-0.3, -0.25) is 4.79 Å². The van der Waals surface area contributed by atoms with Crippen molar-refractivity contribution in [2.75, 3.05) is 0 Å². The molecule has 0 saturated carbocycles. The molecule has 0 bridgehead atoms. The standard InChI is InChI=1S/C8H7NO2/c1-2-8(11)4-6(5-9)3-7(8)10/h2-3,11H,1,4H2. The highest BCUT2D eigenvalue weighted by atomic mass is 16.3. The van der Waals surface area contributed by atoms with Gasteiger partial charge in [-0.2, -0.15) is 5.26 Å². The zero-order chi connectivity index (χ0) is 8.48. The molecule has 56 valence electrons. The highest BCUT2D eigenvalue weighted by Gasteiger charge is 2.37. The first kappa shape index (κ1) is 7.70. The van der Waals surface area contributed by atoms with Crippen molar-refractivity contribution in [2.24, 2.45) is 0 Å². The van der Waals surface area contributed by atoms with E-state index in [1.165, 1.54) is 0 Å². The Morgan fingerprint density at radius 1 is 1.91 bits per heavy atom. The fourth-order valence-corrected chi connectivity index (χ4v) is 0.956. The highest BCUT2D eigenvalue weighted by Crippen LogP contribution is 2.26. The molecular weight excluding hydrogens is 142 g/mol. The fraction of sp³-hybridized carbons (Fsp3) is 0.250. The van der Waals surface area contributed by atoms with Crippen LogP contribution in [0.3, 0.4) is 0 Å². The average molecular weight is 149 g/mol. The van der Waals surface area contributed by atoms with E-state index < -0.39 is 11.4 Å². The van der Waals surface area contributed by atoms with Crippen molar-refractivity contribution < 1.29 is 9.90 Å². The van der Waals surface area contributed by atoms with Gasteiger partial charge in [0, 0.05) is 12.0 Å². The number of hydrogen-bond donors (Lipinski definition) is 1. The minimum absolute atomic E-state index is 0.0613. The Hall–Kier alpha value is -1.40. The molecule has 1 aliphatic carbocycles. The van der Waals surface area contributed by atoms with Crippen LogP contribution in [0.15, 0.2) is 24.3 Å². The van der Waals surface area contributed by atoms with E-state index in [0.717, 1.165) is 12.2 Å². The van der Waals surface area contributed by atoms with Gasteiger partial charge in [0.15, 0.2) is 5.78 Å². The van der Waals surface area contributed by atoms with Gasteiger partial charge in [0.05, 0.1) is 6.07 Å². The number of nitriles is 1. The third-order valence-corrected chi connectivity index (χ3v) is 1.67. The summed E-state index contributed by atoms with van der Waals surface area (Å²) in [6.45, 7) is 3.32. The van der Waals surface area contributed by atoms with Crippen LogP contribution in [0.25, 0.3) is 0 Å². The van der Waals surface area contributed by atoms with E-state index in [0.29, 0.717) is 5.57 Å². The summed E-state index contributed by atoms with van der Waals surface area (Å²) in [6, 6.07) is 1.82. The predicted octanol–water partition coefficient (Wildman–Crippen LogP) is 0.326. The van der Waals surface area contributed by atoms with Crippen molar-refractivity contribution >= 4 is 5.78 Å². The number of hydrogen-bond acceptors (Lipinski definition) is 3. The Morgan fingerprint density at radius 2 is 2.55 bits per heavy atom. The second kappa shape index (κ2) is 2.33. The van der Waals surface area contributed by atoms with Gasteiger partial charge in [-0.15, -0.1) is 0 Å². The van der Waals surface area contributed by atoms with Crippen LogP contribution in [0.5, 0.6) is 0 Å². The minimum atomic E-state index is -1.52. The maximum absolute atomic E-state index is 10.9. The molecule has 0 aromatic heterocycles. The first-order valence-corrected chi connectivity index (χ1v) is 3.13. The van der Waals surface area contributed by atoms with Crippen LogP contribution in [0.4, 0.5) is 0 Å². The molecule has 1 unspecified atom stereocenters. The average Bonchev–Trinajstić information content (AvgIpc) is 2.29. The molecule has 3 heteroatoms. The second-order valence-electron chi connectivity index (χ2n) is 2.45. The van der Waals surface area contributed by atoms with Gasteiger partial charge < -0.3 is 5.11 Å². The largest absolute Gasteiger partial charge is 0.377 e. The van der Waals surface area contributed by atoms with Crippen LogP contribution in [-0.2, 0) is 4.79 Å². The molecule has 0 spiro atoms. The third-order valence-electron chi connectivity index (χ3n) is 1.67. The molecule has 1 rings (SSSR count). The predicted molar refractivity (Wildman–Crippen MR) is 38.5 cm³/mol. The van der Waals surface area contributed by atoms with Crippen molar-refractivity contribution in [3.63, 3.8) is 0 Å². The number of rotatable bonds is 1. The highest BCUT2D eigenvalue weighted by molar-refractivity contribution is 6.02. The number of carbonyl (C=O) groups excluding carboxylic acids is 1. The van der Waals surface area contributed by atoms with Crippen LogP contribution in [0.1, 0.15) is 6.42 Å². The molecule has 1 atom stereocenters. The molecule has 0 aromatic rings. The molecule has 3 nitrogen and oxygen atoms in total. The van der Waals surface area contributed by atoms with Crippen molar-refractivity contribution in [3.8, 4) is 6.07 Å². The van der Waals surface area contributed by atoms with E-state index in [1.807, 2.05) is 6.07 Å². The van der Waals surface area contributed by atoms with Gasteiger partial charge in [0.25, 0.3) is 0 Å². The summed E-state index contributed by atoms with van der Waals surface area (Å²) < 4.78 is 0. The van der Waals surface area contributed by atoms with E-state index in [2.05, 4.69) is 6.58 Å². The van der Waals surface area contributed by atoms with Gasteiger partial charge in [-0.1, -0.05) is 12.7 Å². The first-order chi connectivity index (χ1) is 5.12. The summed E-state index contributed by atoms with van der Waals surface area (Å²) in [5.41, 5.74) is -1.22. The normalized spacial score (nSPS) is 29.5. The smallest absolute Gasteiger partial charge is 0.192 e. The Balaban J connectivity index is 2.95. The molecule has 0 heterocycles. The summed E-state index contributed by atoms with van der Waals surface area (Å²) in [6.07, 6.45) is 2.38. The minimum Gasteiger partial charge on any atom is -0.377 e. The van der Waals surface area contributed by atoms with Gasteiger partial charge in [0.1, 0.15) is 5.60 Å². The Labute approximate surface area is 64.3 Å². The van der Waals surface area contributed by atoms with Crippen molar-refractivity contribution in [3.05, 3.63) is 24.3 Å². The summed E-state index contributed by atoms with van der Waals surface area (Å²) in [5, 5.41) is 17.8. The molecule has 0 aliphatic heterocycles. The Bertz CT molecular complexity index is 285. The molecule has 0 fully saturated rings. The number of nitrogens with zero attached hydrogens (tertiary/aromatic N) is 1. The monoisotopic (exact) mass is 149 g/mol. The summed E-state index contributed by atoms with van der Waals surface area (Å²) in [4.78, 5) is 10.9. The maximum atomic E-state index is 10.9. The quantitative estimate of drug-likeness (QED) is 0.546. The van der Waals surface area contributed by atoms with Gasteiger partial charge >= 0.3 is 0 Å². The van der Waals surface area contributed by atoms with Gasteiger partial charge in [-0.25, -0.2) is 0 Å². The van der Waals surface area contributed by atoms with E-state index in [9.17, 15) is 9.90 Å². The topological polar surface area (TPSA) is 61.1 Å². The van der Waals surface area contributed by atoms with Crippen LogP contribution in [0, 0.1) is 11.3 Å². The van der Waals surface area contributed by atoms with E-state index >= 15 is 0 Å². The second-order valence-corrected chi connectivity index (χ2v) is 2.45. The maximum Gasteiger partial charge on any atom is 0.192 e. The molecule has 1 aliphatic rings. The zero-order valence-corrected chi connectivity index (χ0v) is 5.87. The van der Waals surface area contributed by atoms with Gasteiger partial charge in [0.2, 0.25) is 0 Å². The lowest BCUT2D eigenvalue weighted by Crippen LogP contribution is -2.30. The van der Waals surface area contributed by atoms with Gasteiger partial charge in [-0.05, 0) is 6.08 Å². The third kappa shape index (κ3) is 1.08. The van der Waals surface area contributed by atoms with Crippen molar-refractivity contribution in [1.82, 2.24) is 0 Å². The molecule has 1 N–H and O–H groups in total. The molecule has 0 radical (unpaired) electrons. The molecule has 0 saturated heterocycles. The lowest BCUT2D eigenvalue weighted by Gasteiger charge is -2.13. The Kier molecular flexibility index (Phi) is 1.63. The summed E-state index contributed by atoms with van der Waals surface area (Å²) >= 11 is 0. The van der Waals surface area contributed by atoms with Crippen LogP contribution >= 0.6 is 0 Å². The molecular formula is C8H7NO2. The molecule has 0 aromatic carbocycles. The SMILES string of the molecule is C=CC1(O)CC(C#N)=CC1=O. The lowest BCUT2D eigenvalue weighted by atomic mass is 9.99. The van der Waals surface area contributed by atoms with E-state index in [1.54, 1.807) is 0 Å². The van der Waals surface area contributed by atoms with Crippen molar-refractivity contribution in [1.29, 1.82) is 5.26 Å². The molecule has 11 heavy (non-hydrogen) atoms. The van der Waals surface area contributed by atoms with Crippen molar-refractivity contribution in [2.45, 2.75) is 12.0 Å².